The van der Waals surface area contributed by atoms with Crippen LogP contribution in [-0.2, 0) is 4.79 Å². The molecule has 3 fully saturated rings. The van der Waals surface area contributed by atoms with Crippen molar-refractivity contribution < 1.29 is 40.6 Å². The van der Waals surface area contributed by atoms with Gasteiger partial charge in [-0.3, -0.25) is 9.59 Å². The molecular formula is C26H28F6N8O3. The van der Waals surface area contributed by atoms with Gasteiger partial charge in [0.25, 0.3) is 5.91 Å². The number of aromatic nitrogens is 5. The van der Waals surface area contributed by atoms with Crippen molar-refractivity contribution in [3.8, 4) is 0 Å². The second-order valence-electron chi connectivity index (χ2n) is 11.6. The standard InChI is InChI=1S/C26H28F6N8O3/c1-13-20(38-43-37-13)22(41)36-21(14-2-4-24(27,28)5-3-14)18-10-40-19(35-18)6-15(7-34-40)16-8-33-9-17(16)23(42)39-11-25(29,30)26(31,32)12-39/h6-7,10,14,16-17,21,33H,2-5,8-9,11-12H2,1H3,(H,36,41)/t16-,17-,21-/m0/s1. The van der Waals surface area contributed by atoms with Gasteiger partial charge in [0.05, 0.1) is 43.1 Å². The van der Waals surface area contributed by atoms with Gasteiger partial charge < -0.3 is 15.5 Å². The van der Waals surface area contributed by atoms with Crippen LogP contribution >= 0.6 is 0 Å². The number of halogens is 6. The van der Waals surface area contributed by atoms with Crippen LogP contribution in [0, 0.1) is 18.8 Å². The van der Waals surface area contributed by atoms with Gasteiger partial charge in [-0.1, -0.05) is 5.16 Å². The highest BCUT2D eigenvalue weighted by Gasteiger charge is 2.64. The Morgan fingerprint density at radius 1 is 1.07 bits per heavy atom. The number of nitrogens with one attached hydrogen (secondary N) is 2. The molecule has 0 spiro atoms. The van der Waals surface area contributed by atoms with E-state index in [2.05, 4.69) is 35.7 Å². The molecule has 0 unspecified atom stereocenters. The molecular weight excluding hydrogens is 586 g/mol. The molecule has 0 radical (unpaired) electrons. The van der Waals surface area contributed by atoms with Gasteiger partial charge >= 0.3 is 11.8 Å². The molecule has 2 amide bonds. The summed E-state index contributed by atoms with van der Waals surface area (Å²) < 4.78 is 89.1. The van der Waals surface area contributed by atoms with E-state index in [0.29, 0.717) is 21.8 Å². The van der Waals surface area contributed by atoms with Crippen molar-refractivity contribution in [1.82, 2.24) is 40.4 Å². The molecule has 2 saturated heterocycles. The molecule has 6 rings (SSSR count). The van der Waals surface area contributed by atoms with E-state index in [1.165, 1.54) is 17.6 Å². The molecule has 43 heavy (non-hydrogen) atoms. The third-order valence-electron chi connectivity index (χ3n) is 8.65. The van der Waals surface area contributed by atoms with Crippen molar-refractivity contribution in [3.05, 3.63) is 41.1 Å². The number of amides is 2. The number of hydrogen-bond acceptors (Lipinski definition) is 8. The number of carbonyl (C=O) groups is 2. The summed E-state index contributed by atoms with van der Waals surface area (Å²) in [6.07, 6.45) is 2.61. The number of alkyl halides is 6. The van der Waals surface area contributed by atoms with Crippen molar-refractivity contribution in [2.75, 3.05) is 26.2 Å². The van der Waals surface area contributed by atoms with Crippen LogP contribution in [0.4, 0.5) is 26.3 Å². The first kappa shape index (κ1) is 29.3. The lowest BCUT2D eigenvalue weighted by Gasteiger charge is -2.33. The molecule has 3 aromatic rings. The number of rotatable bonds is 6. The molecule has 0 bridgehead atoms. The molecule has 2 aliphatic heterocycles. The fraction of sp³-hybridized carbons (Fsp3) is 0.615. The zero-order valence-corrected chi connectivity index (χ0v) is 22.9. The maximum Gasteiger partial charge on any atom is 0.329 e. The zero-order valence-electron chi connectivity index (χ0n) is 22.9. The minimum Gasteiger partial charge on any atom is -0.342 e. The molecule has 3 atom stereocenters. The van der Waals surface area contributed by atoms with Crippen LogP contribution in [0.25, 0.3) is 5.65 Å². The Kier molecular flexibility index (Phi) is 7.12. The Bertz CT molecular complexity index is 1520. The Morgan fingerprint density at radius 3 is 2.42 bits per heavy atom. The first-order valence-electron chi connectivity index (χ1n) is 13.8. The van der Waals surface area contributed by atoms with E-state index in [-0.39, 0.29) is 56.1 Å². The van der Waals surface area contributed by atoms with Gasteiger partial charge in [0.15, 0.2) is 11.3 Å². The van der Waals surface area contributed by atoms with E-state index in [4.69, 9.17) is 0 Å². The van der Waals surface area contributed by atoms with Crippen LogP contribution in [-0.4, -0.2) is 85.6 Å². The lowest BCUT2D eigenvalue weighted by molar-refractivity contribution is -0.172. The smallest absolute Gasteiger partial charge is 0.329 e. The number of aryl methyl sites for hydroxylation is 1. The van der Waals surface area contributed by atoms with Crippen molar-refractivity contribution in [3.63, 3.8) is 0 Å². The number of hydrogen-bond donors (Lipinski definition) is 2. The van der Waals surface area contributed by atoms with Crippen LogP contribution in [0.1, 0.15) is 65.1 Å². The normalized spacial score (nSPS) is 25.7. The average molecular weight is 615 g/mol. The van der Waals surface area contributed by atoms with Gasteiger partial charge in [0, 0.05) is 31.8 Å². The van der Waals surface area contributed by atoms with E-state index < -0.39 is 60.5 Å². The maximum absolute atomic E-state index is 14.0. The third kappa shape index (κ3) is 5.42. The van der Waals surface area contributed by atoms with Crippen molar-refractivity contribution in [1.29, 1.82) is 0 Å². The van der Waals surface area contributed by atoms with Gasteiger partial charge in [0.1, 0.15) is 5.69 Å². The van der Waals surface area contributed by atoms with Crippen LogP contribution in [0.15, 0.2) is 23.1 Å². The third-order valence-corrected chi connectivity index (χ3v) is 8.65. The number of fused-ring (bicyclic) bond motifs is 1. The summed E-state index contributed by atoms with van der Waals surface area (Å²) in [6.45, 7) is -0.782. The van der Waals surface area contributed by atoms with Crippen molar-refractivity contribution in [2.24, 2.45) is 11.8 Å². The highest BCUT2D eigenvalue weighted by molar-refractivity contribution is 5.93. The van der Waals surface area contributed by atoms with Crippen LogP contribution in [0.5, 0.6) is 0 Å². The number of likely N-dealkylation sites (tertiary alicyclic amines) is 1. The van der Waals surface area contributed by atoms with E-state index in [0.717, 1.165) is 0 Å². The monoisotopic (exact) mass is 614 g/mol. The first-order chi connectivity index (χ1) is 20.2. The predicted octanol–water partition coefficient (Wildman–Crippen LogP) is 3.13. The average Bonchev–Trinajstić information content (AvgIpc) is 3.72. The van der Waals surface area contributed by atoms with Crippen molar-refractivity contribution >= 4 is 17.5 Å². The molecule has 1 saturated carbocycles. The minimum atomic E-state index is -4.31. The summed E-state index contributed by atoms with van der Waals surface area (Å²) in [5.41, 5.74) is 1.43. The van der Waals surface area contributed by atoms with Gasteiger partial charge in [0.2, 0.25) is 11.8 Å². The Labute approximate surface area is 240 Å². The summed E-state index contributed by atoms with van der Waals surface area (Å²) >= 11 is 0. The summed E-state index contributed by atoms with van der Waals surface area (Å²) in [7, 11) is 0. The SMILES string of the molecule is Cc1nonc1C(=O)N[C@H](c1cn2ncc([C@@H]3CNC[C@@H]3C(=O)N3CC(F)(F)C(F)(F)C3)cc2n1)C1CCC(F)(F)CC1. The van der Waals surface area contributed by atoms with E-state index in [9.17, 15) is 35.9 Å². The summed E-state index contributed by atoms with van der Waals surface area (Å²) in [5.74, 6) is -14.6. The van der Waals surface area contributed by atoms with Crippen molar-refractivity contribution in [2.45, 2.75) is 62.3 Å². The fourth-order valence-electron chi connectivity index (χ4n) is 6.18. The van der Waals surface area contributed by atoms with Gasteiger partial charge in [-0.05, 0) is 42.5 Å². The predicted molar refractivity (Wildman–Crippen MR) is 135 cm³/mol. The second-order valence-corrected chi connectivity index (χ2v) is 11.6. The molecule has 17 heteroatoms. The number of nitrogens with zero attached hydrogens (tertiary/aromatic N) is 6. The Morgan fingerprint density at radius 2 is 1.77 bits per heavy atom. The number of carbonyl (C=O) groups excluding carboxylic acids is 2. The molecule has 3 aromatic heterocycles. The summed E-state index contributed by atoms with van der Waals surface area (Å²) in [6, 6.07) is 0.868. The quantitative estimate of drug-likeness (QED) is 0.405. The van der Waals surface area contributed by atoms with Gasteiger partial charge in [-0.15, -0.1) is 0 Å². The summed E-state index contributed by atoms with van der Waals surface area (Å²) in [5, 5.41) is 17.5. The fourth-order valence-corrected chi connectivity index (χ4v) is 6.18. The molecule has 1 aliphatic carbocycles. The van der Waals surface area contributed by atoms with Crippen LogP contribution in [0.2, 0.25) is 0 Å². The number of imidazole rings is 1. The van der Waals surface area contributed by atoms with Gasteiger partial charge in [-0.25, -0.2) is 22.9 Å². The highest BCUT2D eigenvalue weighted by Crippen LogP contribution is 2.43. The van der Waals surface area contributed by atoms with E-state index in [1.807, 2.05) is 0 Å². The zero-order chi connectivity index (χ0) is 30.7. The highest BCUT2D eigenvalue weighted by atomic mass is 19.3. The largest absolute Gasteiger partial charge is 0.342 e. The molecule has 3 aliphatic rings. The Balaban J connectivity index is 1.26. The lowest BCUT2D eigenvalue weighted by atomic mass is 9.81. The molecule has 2 N–H and O–H groups in total. The molecule has 5 heterocycles. The van der Waals surface area contributed by atoms with E-state index in [1.54, 1.807) is 12.3 Å². The second kappa shape index (κ2) is 10.4. The first-order valence-corrected chi connectivity index (χ1v) is 13.8. The topological polar surface area (TPSA) is 131 Å². The van der Waals surface area contributed by atoms with Gasteiger partial charge in [-0.2, -0.15) is 22.7 Å². The van der Waals surface area contributed by atoms with Crippen LogP contribution in [0.3, 0.4) is 0 Å². The lowest BCUT2D eigenvalue weighted by Crippen LogP contribution is -2.38. The maximum atomic E-state index is 14.0. The molecule has 0 aromatic carbocycles. The van der Waals surface area contributed by atoms with E-state index >= 15 is 0 Å². The molecule has 232 valence electrons. The minimum absolute atomic E-state index is 0.0479. The van der Waals surface area contributed by atoms with Crippen LogP contribution < -0.4 is 10.6 Å². The Hall–Kier alpha value is -3.76. The summed E-state index contributed by atoms with van der Waals surface area (Å²) in [4.78, 5) is 31.2. The molecule has 11 nitrogen and oxygen atoms in total.